The first-order chi connectivity index (χ1) is 13.8. The molecular weight excluding hydrogens is 375 g/mol. The molecule has 3 aromatic rings. The van der Waals surface area contributed by atoms with Crippen molar-refractivity contribution >= 4 is 28.9 Å². The molecule has 0 saturated heterocycles. The smallest absolute Gasteiger partial charge is 0.254 e. The third-order valence-electron chi connectivity index (χ3n) is 3.93. The van der Waals surface area contributed by atoms with E-state index in [0.717, 1.165) is 5.56 Å². The average molecular weight is 394 g/mol. The molecule has 0 unspecified atom stereocenters. The number of ether oxygens (including phenoxy) is 1. The number of nitrogens with two attached hydrogens (primary N) is 1. The van der Waals surface area contributed by atoms with E-state index < -0.39 is 11.7 Å². The number of carbonyl (C=O) groups is 2. The van der Waals surface area contributed by atoms with Gasteiger partial charge in [0, 0.05) is 18.7 Å². The van der Waals surface area contributed by atoms with Crippen molar-refractivity contribution in [1.29, 1.82) is 0 Å². The lowest BCUT2D eigenvalue weighted by Gasteiger charge is -2.15. The highest BCUT2D eigenvalue weighted by molar-refractivity contribution is 6.01. The summed E-state index contributed by atoms with van der Waals surface area (Å²) in [7, 11) is 0. The molecule has 2 aromatic carbocycles. The molecule has 29 heavy (non-hydrogen) atoms. The van der Waals surface area contributed by atoms with Crippen molar-refractivity contribution in [2.24, 2.45) is 5.73 Å². The van der Waals surface area contributed by atoms with Gasteiger partial charge in [0.25, 0.3) is 5.91 Å². The molecule has 7 nitrogen and oxygen atoms in total. The van der Waals surface area contributed by atoms with Crippen LogP contribution < -0.4 is 21.1 Å². The van der Waals surface area contributed by atoms with Gasteiger partial charge in [0.15, 0.2) is 5.75 Å². The Bertz CT molecular complexity index is 1090. The third kappa shape index (κ3) is 4.86. The number of primary amides is 1. The second-order valence-corrected chi connectivity index (χ2v) is 6.34. The van der Waals surface area contributed by atoms with E-state index in [1.165, 1.54) is 25.4 Å². The molecule has 0 radical (unpaired) electrons. The van der Waals surface area contributed by atoms with Gasteiger partial charge in [-0.3, -0.25) is 14.6 Å². The van der Waals surface area contributed by atoms with Crippen molar-refractivity contribution < 1.29 is 18.7 Å². The van der Waals surface area contributed by atoms with E-state index in [1.54, 1.807) is 43.3 Å². The van der Waals surface area contributed by atoms with Crippen molar-refractivity contribution in [3.05, 3.63) is 71.8 Å². The molecule has 0 saturated carbocycles. The van der Waals surface area contributed by atoms with Crippen molar-refractivity contribution in [3.63, 3.8) is 0 Å². The number of nitrogens with one attached hydrogen (secondary N) is 2. The monoisotopic (exact) mass is 394 g/mol. The standard InChI is InChI=1S/C21H19FN4O3/c1-12-6-7-17(16(22)8-12)26-18-10-24-11-19(20(18)21(23)28)29-15-5-3-4-14(9-15)25-13(2)27/h3-11,26H,1-2H3,(H2,23,28)(H,25,27). The quantitative estimate of drug-likeness (QED) is 0.583. The highest BCUT2D eigenvalue weighted by Crippen LogP contribution is 2.32. The van der Waals surface area contributed by atoms with Gasteiger partial charge in [0.05, 0.1) is 23.8 Å². The number of hydrogen-bond acceptors (Lipinski definition) is 5. The first-order valence-electron chi connectivity index (χ1n) is 8.70. The van der Waals surface area contributed by atoms with Crippen LogP contribution in [0.4, 0.5) is 21.5 Å². The van der Waals surface area contributed by atoms with Crippen molar-refractivity contribution in [2.45, 2.75) is 13.8 Å². The molecule has 0 fully saturated rings. The highest BCUT2D eigenvalue weighted by Gasteiger charge is 2.18. The zero-order valence-corrected chi connectivity index (χ0v) is 15.8. The van der Waals surface area contributed by atoms with Crippen LogP contribution >= 0.6 is 0 Å². The molecular formula is C21H19FN4O3. The van der Waals surface area contributed by atoms with Crippen LogP contribution in [0.2, 0.25) is 0 Å². The van der Waals surface area contributed by atoms with E-state index in [2.05, 4.69) is 15.6 Å². The minimum Gasteiger partial charge on any atom is -0.455 e. The summed E-state index contributed by atoms with van der Waals surface area (Å²) in [6, 6.07) is 11.3. The van der Waals surface area contributed by atoms with Gasteiger partial charge in [-0.15, -0.1) is 0 Å². The number of aromatic nitrogens is 1. The predicted molar refractivity (Wildman–Crippen MR) is 108 cm³/mol. The highest BCUT2D eigenvalue weighted by atomic mass is 19.1. The van der Waals surface area contributed by atoms with Crippen LogP contribution in [0, 0.1) is 12.7 Å². The van der Waals surface area contributed by atoms with E-state index in [9.17, 15) is 14.0 Å². The Morgan fingerprint density at radius 3 is 2.59 bits per heavy atom. The van der Waals surface area contributed by atoms with Gasteiger partial charge >= 0.3 is 0 Å². The number of anilines is 3. The number of benzene rings is 2. The van der Waals surface area contributed by atoms with Crippen LogP contribution in [0.15, 0.2) is 54.9 Å². The fourth-order valence-electron chi connectivity index (χ4n) is 2.70. The van der Waals surface area contributed by atoms with Gasteiger partial charge in [0.1, 0.15) is 17.1 Å². The SMILES string of the molecule is CC(=O)Nc1cccc(Oc2cncc(Nc3ccc(C)cc3F)c2C(N)=O)c1. The molecule has 0 aliphatic heterocycles. The van der Waals surface area contributed by atoms with E-state index in [0.29, 0.717) is 11.4 Å². The summed E-state index contributed by atoms with van der Waals surface area (Å²) in [5.41, 5.74) is 7.23. The molecule has 0 aliphatic carbocycles. The molecule has 1 heterocycles. The number of amides is 2. The predicted octanol–water partition coefficient (Wildman–Crippen LogP) is 4.12. The lowest BCUT2D eigenvalue weighted by Crippen LogP contribution is -2.15. The second kappa shape index (κ2) is 8.39. The Kier molecular flexibility index (Phi) is 5.73. The normalized spacial score (nSPS) is 10.3. The lowest BCUT2D eigenvalue weighted by molar-refractivity contribution is -0.114. The Morgan fingerprint density at radius 1 is 1.10 bits per heavy atom. The minimum atomic E-state index is -0.768. The number of nitrogens with zero attached hydrogens (tertiary/aromatic N) is 1. The van der Waals surface area contributed by atoms with Crippen molar-refractivity contribution in [2.75, 3.05) is 10.6 Å². The van der Waals surface area contributed by atoms with Crippen LogP contribution in [0.3, 0.4) is 0 Å². The number of hydrogen-bond donors (Lipinski definition) is 3. The zero-order chi connectivity index (χ0) is 21.0. The Morgan fingerprint density at radius 2 is 1.90 bits per heavy atom. The number of pyridine rings is 1. The molecule has 1 aromatic heterocycles. The summed E-state index contributed by atoms with van der Waals surface area (Å²) in [6.07, 6.45) is 2.70. The molecule has 0 aliphatic rings. The van der Waals surface area contributed by atoms with Gasteiger partial charge in [-0.25, -0.2) is 4.39 Å². The van der Waals surface area contributed by atoms with Gasteiger partial charge < -0.3 is 21.1 Å². The molecule has 2 amide bonds. The van der Waals surface area contributed by atoms with Gasteiger partial charge in [-0.1, -0.05) is 12.1 Å². The third-order valence-corrected chi connectivity index (χ3v) is 3.93. The van der Waals surface area contributed by atoms with Crippen LogP contribution in [0.1, 0.15) is 22.8 Å². The fraction of sp³-hybridized carbons (Fsp3) is 0.0952. The first-order valence-corrected chi connectivity index (χ1v) is 8.70. The molecule has 148 valence electrons. The van der Waals surface area contributed by atoms with Gasteiger partial charge in [0.2, 0.25) is 5.91 Å². The van der Waals surface area contributed by atoms with Gasteiger partial charge in [-0.05, 0) is 36.8 Å². The molecule has 4 N–H and O–H groups in total. The summed E-state index contributed by atoms with van der Waals surface area (Å²) in [4.78, 5) is 27.4. The Balaban J connectivity index is 1.95. The summed E-state index contributed by atoms with van der Waals surface area (Å²) >= 11 is 0. The van der Waals surface area contributed by atoms with E-state index in [4.69, 9.17) is 10.5 Å². The summed E-state index contributed by atoms with van der Waals surface area (Å²) in [6.45, 7) is 3.16. The molecule has 0 atom stereocenters. The molecule has 0 spiro atoms. The minimum absolute atomic E-state index is 0.0184. The largest absolute Gasteiger partial charge is 0.455 e. The fourth-order valence-corrected chi connectivity index (χ4v) is 2.70. The second-order valence-electron chi connectivity index (χ2n) is 6.34. The maximum absolute atomic E-state index is 14.2. The van der Waals surface area contributed by atoms with Crippen molar-refractivity contribution in [1.82, 2.24) is 4.98 Å². The topological polar surface area (TPSA) is 106 Å². The Hall–Kier alpha value is -3.94. The summed E-state index contributed by atoms with van der Waals surface area (Å²) in [5, 5.41) is 5.48. The average Bonchev–Trinajstić information content (AvgIpc) is 2.63. The molecule has 8 heteroatoms. The maximum Gasteiger partial charge on any atom is 0.254 e. The van der Waals surface area contributed by atoms with Crippen LogP contribution in [-0.2, 0) is 4.79 Å². The van der Waals surface area contributed by atoms with E-state index in [-0.39, 0.29) is 28.6 Å². The first kappa shape index (κ1) is 19.8. The lowest BCUT2D eigenvalue weighted by atomic mass is 10.1. The number of aryl methyl sites for hydroxylation is 1. The van der Waals surface area contributed by atoms with Crippen LogP contribution in [-0.4, -0.2) is 16.8 Å². The van der Waals surface area contributed by atoms with E-state index in [1.807, 2.05) is 0 Å². The number of rotatable bonds is 6. The summed E-state index contributed by atoms with van der Waals surface area (Å²) in [5.74, 6) is -1.02. The van der Waals surface area contributed by atoms with E-state index >= 15 is 0 Å². The number of carbonyl (C=O) groups excluding carboxylic acids is 2. The van der Waals surface area contributed by atoms with Crippen LogP contribution in [0.25, 0.3) is 0 Å². The zero-order valence-electron chi connectivity index (χ0n) is 15.8. The number of halogens is 1. The maximum atomic E-state index is 14.2. The Labute approximate surface area is 166 Å². The summed E-state index contributed by atoms with van der Waals surface area (Å²) < 4.78 is 20.0. The molecule has 3 rings (SSSR count). The molecule has 0 bridgehead atoms. The van der Waals surface area contributed by atoms with Crippen LogP contribution in [0.5, 0.6) is 11.5 Å². The van der Waals surface area contributed by atoms with Gasteiger partial charge in [-0.2, -0.15) is 0 Å². The van der Waals surface area contributed by atoms with Crippen molar-refractivity contribution in [3.8, 4) is 11.5 Å².